The number of rotatable bonds is 6. The summed E-state index contributed by atoms with van der Waals surface area (Å²) in [5.74, 6) is 0.754. The van der Waals surface area contributed by atoms with Crippen LogP contribution < -0.4 is 15.8 Å². The van der Waals surface area contributed by atoms with E-state index in [1.807, 2.05) is 25.1 Å². The van der Waals surface area contributed by atoms with Crippen LogP contribution in [0.3, 0.4) is 0 Å². The van der Waals surface area contributed by atoms with Crippen LogP contribution in [0.25, 0.3) is 0 Å². The number of nitrogens with one attached hydrogen (secondary N) is 1. The summed E-state index contributed by atoms with van der Waals surface area (Å²) in [5.41, 5.74) is 6.48. The van der Waals surface area contributed by atoms with E-state index in [0.717, 1.165) is 24.2 Å². The zero-order valence-corrected chi connectivity index (χ0v) is 15.7. The summed E-state index contributed by atoms with van der Waals surface area (Å²) in [6, 6.07) is 5.47. The zero-order valence-electron chi connectivity index (χ0n) is 14.1. The lowest BCUT2D eigenvalue weighted by Crippen LogP contribution is -2.45. The van der Waals surface area contributed by atoms with E-state index >= 15 is 0 Å². The highest BCUT2D eigenvalue weighted by Gasteiger charge is 2.37. The predicted octanol–water partition coefficient (Wildman–Crippen LogP) is 2.67. The molecule has 0 radical (unpaired) electrons. The number of carbonyl (C=O) groups excluding carboxylic acids is 1. The zero-order chi connectivity index (χ0) is 16.9. The van der Waals surface area contributed by atoms with Gasteiger partial charge in [0.05, 0.1) is 7.11 Å². The molecule has 0 spiro atoms. The molecule has 2 rings (SSSR count). The summed E-state index contributed by atoms with van der Waals surface area (Å²) in [5, 5.41) is 3.68. The van der Waals surface area contributed by atoms with Gasteiger partial charge in [-0.05, 0) is 38.0 Å². The number of amides is 1. The Morgan fingerprint density at radius 3 is 2.71 bits per heavy atom. The van der Waals surface area contributed by atoms with Crippen molar-refractivity contribution in [3.05, 3.63) is 28.8 Å². The van der Waals surface area contributed by atoms with Gasteiger partial charge < -0.3 is 20.5 Å². The molecule has 5 nitrogen and oxygen atoms in total. The van der Waals surface area contributed by atoms with Crippen molar-refractivity contribution in [2.24, 2.45) is 5.73 Å². The van der Waals surface area contributed by atoms with E-state index in [4.69, 9.17) is 26.8 Å². The average molecular weight is 377 g/mol. The van der Waals surface area contributed by atoms with Gasteiger partial charge in [-0.3, -0.25) is 4.79 Å². The van der Waals surface area contributed by atoms with Crippen LogP contribution in [0.2, 0.25) is 5.02 Å². The first kappa shape index (κ1) is 21.0. The van der Waals surface area contributed by atoms with Crippen LogP contribution in [-0.2, 0) is 14.9 Å². The van der Waals surface area contributed by atoms with Gasteiger partial charge in [-0.2, -0.15) is 0 Å². The quantitative estimate of drug-likeness (QED) is 0.800. The second kappa shape index (κ2) is 9.47. The van der Waals surface area contributed by atoms with Gasteiger partial charge in [0.1, 0.15) is 5.75 Å². The summed E-state index contributed by atoms with van der Waals surface area (Å²) in [6.45, 7) is 3.65. The Kier molecular flexibility index (Phi) is 8.30. The molecule has 1 amide bonds. The molecule has 7 heteroatoms. The smallest absolute Gasteiger partial charge is 0.221 e. The van der Waals surface area contributed by atoms with Crippen molar-refractivity contribution >= 4 is 29.9 Å². The van der Waals surface area contributed by atoms with E-state index in [1.165, 1.54) is 0 Å². The molecule has 1 fully saturated rings. The van der Waals surface area contributed by atoms with Gasteiger partial charge in [-0.25, -0.2) is 0 Å². The lowest BCUT2D eigenvalue weighted by molar-refractivity contribution is -0.121. The molecule has 24 heavy (non-hydrogen) atoms. The van der Waals surface area contributed by atoms with Crippen LogP contribution in [0.4, 0.5) is 0 Å². The van der Waals surface area contributed by atoms with Crippen molar-refractivity contribution in [3.8, 4) is 5.75 Å². The largest absolute Gasteiger partial charge is 0.496 e. The standard InChI is InChI=1S/C17H25ClN2O3.ClH/c1-12(19)9-16(21)20-11-17(5-7-23-8-6-17)14-10-13(18)3-4-15(14)22-2;/h3-4,10,12H,5-9,11,19H2,1-2H3,(H,20,21);1H. The molecular weight excluding hydrogens is 351 g/mol. The summed E-state index contributed by atoms with van der Waals surface area (Å²) < 4.78 is 11.0. The van der Waals surface area contributed by atoms with Crippen LogP contribution in [0.5, 0.6) is 5.75 Å². The first-order valence-electron chi connectivity index (χ1n) is 7.91. The summed E-state index contributed by atoms with van der Waals surface area (Å²) in [4.78, 5) is 12.0. The number of benzene rings is 1. The third kappa shape index (κ3) is 5.24. The Morgan fingerprint density at radius 2 is 2.12 bits per heavy atom. The molecule has 0 bridgehead atoms. The van der Waals surface area contributed by atoms with Crippen molar-refractivity contribution in [1.82, 2.24) is 5.32 Å². The molecule has 1 saturated heterocycles. The lowest BCUT2D eigenvalue weighted by Gasteiger charge is -2.38. The molecule has 1 heterocycles. The Labute approximate surface area is 154 Å². The summed E-state index contributed by atoms with van der Waals surface area (Å²) in [7, 11) is 1.65. The molecule has 1 aliphatic rings. The topological polar surface area (TPSA) is 73.6 Å². The third-order valence-corrected chi connectivity index (χ3v) is 4.55. The van der Waals surface area contributed by atoms with E-state index in [9.17, 15) is 4.79 Å². The molecule has 0 aromatic heterocycles. The van der Waals surface area contributed by atoms with Gasteiger partial charge in [0.25, 0.3) is 0 Å². The van der Waals surface area contributed by atoms with Crippen LogP contribution in [0.15, 0.2) is 18.2 Å². The number of carbonyl (C=O) groups is 1. The fourth-order valence-electron chi connectivity index (χ4n) is 3.03. The molecule has 0 saturated carbocycles. The lowest BCUT2D eigenvalue weighted by atomic mass is 9.73. The number of hydrogen-bond acceptors (Lipinski definition) is 4. The molecule has 1 aromatic carbocycles. The molecule has 136 valence electrons. The van der Waals surface area contributed by atoms with Gasteiger partial charge >= 0.3 is 0 Å². The van der Waals surface area contributed by atoms with E-state index in [0.29, 0.717) is 31.2 Å². The second-order valence-corrected chi connectivity index (χ2v) is 6.63. The monoisotopic (exact) mass is 376 g/mol. The van der Waals surface area contributed by atoms with Crippen molar-refractivity contribution in [1.29, 1.82) is 0 Å². The van der Waals surface area contributed by atoms with Crippen molar-refractivity contribution in [3.63, 3.8) is 0 Å². The van der Waals surface area contributed by atoms with E-state index < -0.39 is 0 Å². The third-order valence-electron chi connectivity index (χ3n) is 4.31. The number of nitrogens with two attached hydrogens (primary N) is 1. The van der Waals surface area contributed by atoms with Crippen LogP contribution in [-0.4, -0.2) is 38.8 Å². The fourth-order valence-corrected chi connectivity index (χ4v) is 3.20. The summed E-state index contributed by atoms with van der Waals surface area (Å²) >= 11 is 6.20. The summed E-state index contributed by atoms with van der Waals surface area (Å²) in [6.07, 6.45) is 1.93. The van der Waals surface area contributed by atoms with Crippen molar-refractivity contribution < 1.29 is 14.3 Å². The minimum absolute atomic E-state index is 0. The van der Waals surface area contributed by atoms with Crippen molar-refractivity contribution in [2.75, 3.05) is 26.9 Å². The van der Waals surface area contributed by atoms with E-state index in [1.54, 1.807) is 7.11 Å². The first-order valence-corrected chi connectivity index (χ1v) is 8.29. The highest BCUT2D eigenvalue weighted by Crippen LogP contribution is 2.40. The molecular formula is C17H26Cl2N2O3. The first-order chi connectivity index (χ1) is 11.0. The molecule has 0 aliphatic carbocycles. The highest BCUT2D eigenvalue weighted by molar-refractivity contribution is 6.30. The highest BCUT2D eigenvalue weighted by atomic mass is 35.5. The van der Waals surface area contributed by atoms with Gasteiger partial charge in [-0.15, -0.1) is 12.4 Å². The van der Waals surface area contributed by atoms with Crippen LogP contribution >= 0.6 is 24.0 Å². The minimum atomic E-state index is -0.234. The van der Waals surface area contributed by atoms with Crippen molar-refractivity contribution in [2.45, 2.75) is 37.6 Å². The maximum Gasteiger partial charge on any atom is 0.221 e. The van der Waals surface area contributed by atoms with Crippen LogP contribution in [0.1, 0.15) is 31.7 Å². The molecule has 3 N–H and O–H groups in total. The maximum absolute atomic E-state index is 12.0. The number of methoxy groups -OCH3 is 1. The van der Waals surface area contributed by atoms with Gasteiger partial charge in [0.15, 0.2) is 0 Å². The SMILES string of the molecule is COc1ccc(Cl)cc1C1(CNC(=O)CC(C)N)CCOCC1.Cl. The Balaban J connectivity index is 0.00000288. The van der Waals surface area contributed by atoms with Gasteiger partial charge in [0, 0.05) is 48.2 Å². The maximum atomic E-state index is 12.0. The predicted molar refractivity (Wildman–Crippen MR) is 98.3 cm³/mol. The minimum Gasteiger partial charge on any atom is -0.496 e. The Hall–Kier alpha value is -1.01. The molecule has 1 aromatic rings. The van der Waals surface area contributed by atoms with Gasteiger partial charge in [-0.1, -0.05) is 11.6 Å². The molecule has 1 unspecified atom stereocenters. The Morgan fingerprint density at radius 1 is 1.46 bits per heavy atom. The number of halogens is 2. The number of hydrogen-bond donors (Lipinski definition) is 2. The molecule has 1 atom stereocenters. The van der Waals surface area contributed by atoms with E-state index in [-0.39, 0.29) is 29.8 Å². The van der Waals surface area contributed by atoms with E-state index in [2.05, 4.69) is 5.32 Å². The van der Waals surface area contributed by atoms with Crippen LogP contribution in [0, 0.1) is 0 Å². The second-order valence-electron chi connectivity index (χ2n) is 6.20. The number of ether oxygens (including phenoxy) is 2. The normalized spacial score (nSPS) is 17.5. The van der Waals surface area contributed by atoms with Gasteiger partial charge in [0.2, 0.25) is 5.91 Å². The fraction of sp³-hybridized carbons (Fsp3) is 0.588. The molecule has 1 aliphatic heterocycles. The Bertz CT molecular complexity index is 547. The average Bonchev–Trinajstić information content (AvgIpc) is 2.53.